The van der Waals surface area contributed by atoms with Gasteiger partial charge in [0.2, 0.25) is 5.91 Å². The van der Waals surface area contributed by atoms with E-state index in [1.54, 1.807) is 6.08 Å². The molecule has 4 aromatic rings. The Hall–Kier alpha value is -3.43. The molecule has 0 aliphatic carbocycles. The van der Waals surface area contributed by atoms with E-state index in [9.17, 15) is 4.79 Å². The SMILES string of the molecule is C=CCn1c(SCC(=O)Nc2nc(-c3ccc(C)cc3)cs2)nnc1C(C)Oc1cc(C)cc(C)c1. The van der Waals surface area contributed by atoms with E-state index in [4.69, 9.17) is 4.74 Å². The van der Waals surface area contributed by atoms with Gasteiger partial charge < -0.3 is 10.1 Å². The summed E-state index contributed by atoms with van der Waals surface area (Å²) < 4.78 is 8.09. The Kier molecular flexibility index (Phi) is 8.22. The number of benzene rings is 2. The molecule has 0 aliphatic rings. The van der Waals surface area contributed by atoms with Gasteiger partial charge in [0.05, 0.1) is 11.4 Å². The van der Waals surface area contributed by atoms with Crippen LogP contribution in [0.15, 0.2) is 65.7 Å². The normalized spacial score (nSPS) is 11.8. The number of thiazole rings is 1. The second-order valence-corrected chi connectivity index (χ2v) is 10.4. The van der Waals surface area contributed by atoms with Gasteiger partial charge in [-0.05, 0) is 51.0 Å². The first-order valence-corrected chi connectivity index (χ1v) is 13.4. The molecule has 0 saturated carbocycles. The van der Waals surface area contributed by atoms with E-state index >= 15 is 0 Å². The molecule has 0 saturated heterocycles. The molecule has 4 rings (SSSR count). The van der Waals surface area contributed by atoms with Gasteiger partial charge in [0, 0.05) is 17.5 Å². The van der Waals surface area contributed by atoms with Gasteiger partial charge in [0.1, 0.15) is 5.75 Å². The van der Waals surface area contributed by atoms with Crippen molar-refractivity contribution in [2.45, 2.75) is 45.5 Å². The molecule has 0 bridgehead atoms. The zero-order valence-corrected chi connectivity index (χ0v) is 22.4. The van der Waals surface area contributed by atoms with Crippen LogP contribution in [-0.4, -0.2) is 31.4 Å². The monoisotopic (exact) mass is 519 g/mol. The van der Waals surface area contributed by atoms with Gasteiger partial charge in [0.15, 0.2) is 22.2 Å². The van der Waals surface area contributed by atoms with Crippen molar-refractivity contribution in [1.29, 1.82) is 0 Å². The van der Waals surface area contributed by atoms with Crippen molar-refractivity contribution in [1.82, 2.24) is 19.7 Å². The third-order valence-corrected chi connectivity index (χ3v) is 7.08. The molecular weight excluding hydrogens is 490 g/mol. The third-order valence-electron chi connectivity index (χ3n) is 5.36. The highest BCUT2D eigenvalue weighted by Crippen LogP contribution is 2.28. The van der Waals surface area contributed by atoms with Crippen LogP contribution in [0.3, 0.4) is 0 Å². The Balaban J connectivity index is 1.39. The fourth-order valence-corrected chi connectivity index (χ4v) is 5.23. The first kappa shape index (κ1) is 25.7. The summed E-state index contributed by atoms with van der Waals surface area (Å²) in [6.07, 6.45) is 1.46. The molecule has 0 aliphatic heterocycles. The maximum atomic E-state index is 12.6. The number of rotatable bonds is 10. The van der Waals surface area contributed by atoms with Crippen LogP contribution in [0.4, 0.5) is 5.13 Å². The van der Waals surface area contributed by atoms with Crippen LogP contribution in [0.25, 0.3) is 11.3 Å². The van der Waals surface area contributed by atoms with Crippen LogP contribution < -0.4 is 10.1 Å². The van der Waals surface area contributed by atoms with Gasteiger partial charge in [0.25, 0.3) is 0 Å². The highest BCUT2D eigenvalue weighted by molar-refractivity contribution is 7.99. The van der Waals surface area contributed by atoms with Crippen molar-refractivity contribution in [2.24, 2.45) is 0 Å². The number of aromatic nitrogens is 4. The van der Waals surface area contributed by atoms with Crippen LogP contribution in [0, 0.1) is 20.8 Å². The minimum Gasteiger partial charge on any atom is -0.483 e. The van der Waals surface area contributed by atoms with Crippen molar-refractivity contribution >= 4 is 34.1 Å². The van der Waals surface area contributed by atoms with Crippen molar-refractivity contribution < 1.29 is 9.53 Å². The van der Waals surface area contributed by atoms with E-state index in [1.165, 1.54) is 28.7 Å². The summed E-state index contributed by atoms with van der Waals surface area (Å²) in [4.78, 5) is 17.2. The summed E-state index contributed by atoms with van der Waals surface area (Å²) in [5.74, 6) is 1.50. The lowest BCUT2D eigenvalue weighted by molar-refractivity contribution is -0.113. The van der Waals surface area contributed by atoms with E-state index in [-0.39, 0.29) is 17.8 Å². The summed E-state index contributed by atoms with van der Waals surface area (Å²) in [6, 6.07) is 14.3. The molecule has 2 aromatic heterocycles. The predicted octanol–water partition coefficient (Wildman–Crippen LogP) is 6.38. The Labute approximate surface area is 219 Å². The van der Waals surface area contributed by atoms with Crippen molar-refractivity contribution in [3.05, 3.63) is 83.0 Å². The Bertz CT molecular complexity index is 1340. The largest absolute Gasteiger partial charge is 0.483 e. The Morgan fingerprint density at radius 1 is 1.14 bits per heavy atom. The average molecular weight is 520 g/mol. The molecule has 1 amide bonds. The smallest absolute Gasteiger partial charge is 0.236 e. The molecule has 1 unspecified atom stereocenters. The summed E-state index contributed by atoms with van der Waals surface area (Å²) in [5, 5.41) is 14.7. The second kappa shape index (κ2) is 11.5. The number of thioether (sulfide) groups is 1. The lowest BCUT2D eigenvalue weighted by Gasteiger charge is -2.16. The predicted molar refractivity (Wildman–Crippen MR) is 147 cm³/mol. The van der Waals surface area contributed by atoms with E-state index in [2.05, 4.69) is 33.1 Å². The molecule has 186 valence electrons. The summed E-state index contributed by atoms with van der Waals surface area (Å²) in [5.41, 5.74) is 5.33. The zero-order chi connectivity index (χ0) is 25.7. The van der Waals surface area contributed by atoms with Gasteiger partial charge >= 0.3 is 0 Å². The number of carbonyl (C=O) groups is 1. The highest BCUT2D eigenvalue weighted by atomic mass is 32.2. The average Bonchev–Trinajstić information content (AvgIpc) is 3.45. The van der Waals surface area contributed by atoms with Crippen LogP contribution in [-0.2, 0) is 11.3 Å². The zero-order valence-electron chi connectivity index (χ0n) is 20.8. The molecule has 2 heterocycles. The maximum absolute atomic E-state index is 12.6. The molecule has 0 spiro atoms. The minimum absolute atomic E-state index is 0.154. The van der Waals surface area contributed by atoms with Crippen LogP contribution in [0.1, 0.15) is 35.5 Å². The molecule has 2 aromatic carbocycles. The molecule has 36 heavy (non-hydrogen) atoms. The lowest BCUT2D eigenvalue weighted by atomic mass is 10.1. The van der Waals surface area contributed by atoms with E-state index in [1.807, 2.05) is 74.0 Å². The fourth-order valence-electron chi connectivity index (χ4n) is 3.74. The van der Waals surface area contributed by atoms with Gasteiger partial charge in [-0.3, -0.25) is 9.36 Å². The lowest BCUT2D eigenvalue weighted by Crippen LogP contribution is -2.15. The Morgan fingerprint density at radius 2 is 1.86 bits per heavy atom. The number of allylic oxidation sites excluding steroid dienone is 1. The maximum Gasteiger partial charge on any atom is 0.236 e. The van der Waals surface area contributed by atoms with Gasteiger partial charge in [-0.25, -0.2) is 4.98 Å². The summed E-state index contributed by atoms with van der Waals surface area (Å²) in [6.45, 7) is 12.4. The number of amides is 1. The van der Waals surface area contributed by atoms with E-state index in [0.29, 0.717) is 22.7 Å². The van der Waals surface area contributed by atoms with E-state index in [0.717, 1.165) is 28.1 Å². The van der Waals surface area contributed by atoms with Crippen molar-refractivity contribution in [3.8, 4) is 17.0 Å². The molecular formula is C27H29N5O2S2. The number of ether oxygens (including phenoxy) is 1. The fraction of sp³-hybridized carbons (Fsp3) is 0.259. The standard InChI is InChI=1S/C27H29N5O2S2/c1-6-11-32-25(20(5)34-22-13-18(3)12-19(4)14-22)30-31-27(32)36-16-24(33)29-26-28-23(15-35-26)21-9-7-17(2)8-10-21/h6-10,12-15,20H,1,11,16H2,2-5H3,(H,28,29,33). The first-order valence-electron chi connectivity index (χ1n) is 11.6. The summed E-state index contributed by atoms with van der Waals surface area (Å²) >= 11 is 2.72. The number of nitrogens with one attached hydrogen (secondary N) is 1. The first-order chi connectivity index (χ1) is 17.3. The number of aryl methyl sites for hydroxylation is 3. The van der Waals surface area contributed by atoms with Crippen LogP contribution in [0.5, 0.6) is 5.75 Å². The van der Waals surface area contributed by atoms with Crippen molar-refractivity contribution in [3.63, 3.8) is 0 Å². The molecule has 0 fully saturated rings. The number of hydrogen-bond acceptors (Lipinski definition) is 7. The molecule has 1 N–H and O–H groups in total. The number of nitrogens with zero attached hydrogens (tertiary/aromatic N) is 4. The highest BCUT2D eigenvalue weighted by Gasteiger charge is 2.20. The van der Waals surface area contributed by atoms with Crippen LogP contribution >= 0.6 is 23.1 Å². The second-order valence-electron chi connectivity index (χ2n) is 8.56. The molecule has 1 atom stereocenters. The van der Waals surface area contributed by atoms with E-state index < -0.39 is 0 Å². The van der Waals surface area contributed by atoms with Gasteiger partial charge in [-0.1, -0.05) is 53.7 Å². The molecule has 9 heteroatoms. The Morgan fingerprint density at radius 3 is 2.56 bits per heavy atom. The molecule has 7 nitrogen and oxygen atoms in total. The van der Waals surface area contributed by atoms with Gasteiger partial charge in [-0.2, -0.15) is 0 Å². The third kappa shape index (κ3) is 6.41. The quantitative estimate of drug-likeness (QED) is 0.193. The minimum atomic E-state index is -0.322. The number of hydrogen-bond donors (Lipinski definition) is 1. The van der Waals surface area contributed by atoms with Crippen molar-refractivity contribution in [2.75, 3.05) is 11.1 Å². The molecule has 0 radical (unpaired) electrons. The van der Waals surface area contributed by atoms with Crippen LogP contribution in [0.2, 0.25) is 0 Å². The summed E-state index contributed by atoms with van der Waals surface area (Å²) in [7, 11) is 0. The number of carbonyl (C=O) groups excluding carboxylic acids is 1. The van der Waals surface area contributed by atoms with Gasteiger partial charge in [-0.15, -0.1) is 28.1 Å². The number of anilines is 1. The topological polar surface area (TPSA) is 81.9 Å².